The van der Waals surface area contributed by atoms with Gasteiger partial charge in [0.25, 0.3) is 0 Å². The third-order valence-electron chi connectivity index (χ3n) is 4.66. The molecule has 1 fully saturated rings. The minimum Gasteiger partial charge on any atom is -0.508 e. The molecule has 0 amide bonds. The molecule has 3 N–H and O–H groups in total. The second-order valence-electron chi connectivity index (χ2n) is 6.36. The monoisotopic (exact) mass is 319 g/mol. The molecule has 1 aliphatic rings. The number of benzene rings is 2. The van der Waals surface area contributed by atoms with Crippen molar-refractivity contribution in [3.63, 3.8) is 0 Å². The van der Waals surface area contributed by atoms with Crippen molar-refractivity contribution in [3.05, 3.63) is 60.4 Å². The first-order valence-electron chi connectivity index (χ1n) is 8.40. The lowest BCUT2D eigenvalue weighted by Crippen LogP contribution is -2.30. The van der Waals surface area contributed by atoms with Gasteiger partial charge in [0, 0.05) is 42.5 Å². The van der Waals surface area contributed by atoms with Crippen LogP contribution in [-0.2, 0) is 6.54 Å². The fourth-order valence-corrected chi connectivity index (χ4v) is 3.28. The predicted molar refractivity (Wildman–Crippen MR) is 97.0 cm³/mol. The third-order valence-corrected chi connectivity index (χ3v) is 4.66. The number of hydrogen-bond donors (Lipinski definition) is 3. The third kappa shape index (κ3) is 3.11. The van der Waals surface area contributed by atoms with Crippen LogP contribution in [0.2, 0.25) is 0 Å². The highest BCUT2D eigenvalue weighted by Gasteiger charge is 2.13. The summed E-state index contributed by atoms with van der Waals surface area (Å²) in [7, 11) is 0. The van der Waals surface area contributed by atoms with Crippen molar-refractivity contribution in [2.45, 2.75) is 19.0 Å². The number of aromatic hydroxyl groups is 1. The molecule has 1 unspecified atom stereocenters. The maximum Gasteiger partial charge on any atom is 0.115 e. The Morgan fingerprint density at radius 1 is 1.12 bits per heavy atom. The average molecular weight is 319 g/mol. The second kappa shape index (κ2) is 6.59. The zero-order valence-corrected chi connectivity index (χ0v) is 13.5. The van der Waals surface area contributed by atoms with Crippen LogP contribution in [0.15, 0.2) is 54.9 Å². The fraction of sp³-hybridized carbons (Fsp3) is 0.250. The van der Waals surface area contributed by atoms with Gasteiger partial charge in [-0.2, -0.15) is 0 Å². The summed E-state index contributed by atoms with van der Waals surface area (Å²) in [6.45, 7) is 3.03. The first-order chi connectivity index (χ1) is 11.8. The molecule has 4 heteroatoms. The molecule has 2 heterocycles. The first kappa shape index (κ1) is 15.1. The molecule has 1 aromatic heterocycles. The lowest BCUT2D eigenvalue weighted by atomic mass is 9.99. The first-order valence-corrected chi connectivity index (χ1v) is 8.40. The summed E-state index contributed by atoms with van der Waals surface area (Å²) in [6, 6.07) is 14.4. The molecule has 2 aromatic carbocycles. The van der Waals surface area contributed by atoms with Gasteiger partial charge in [-0.05, 0) is 47.7 Å². The predicted octanol–water partition coefficient (Wildman–Crippen LogP) is 3.06. The second-order valence-corrected chi connectivity index (χ2v) is 6.36. The molecule has 3 aromatic rings. The quantitative estimate of drug-likeness (QED) is 0.692. The Labute approximate surface area is 141 Å². The number of rotatable bonds is 4. The minimum atomic E-state index is 0.280. The van der Waals surface area contributed by atoms with Gasteiger partial charge >= 0.3 is 0 Å². The van der Waals surface area contributed by atoms with Crippen molar-refractivity contribution < 1.29 is 5.11 Å². The molecule has 24 heavy (non-hydrogen) atoms. The summed E-state index contributed by atoms with van der Waals surface area (Å²) in [5, 5.41) is 18.8. The van der Waals surface area contributed by atoms with E-state index in [2.05, 4.69) is 33.8 Å². The summed E-state index contributed by atoms with van der Waals surface area (Å²) in [4.78, 5) is 4.36. The molecule has 0 aliphatic carbocycles. The van der Waals surface area contributed by atoms with E-state index in [0.717, 1.165) is 36.1 Å². The van der Waals surface area contributed by atoms with Crippen molar-refractivity contribution in [3.8, 4) is 16.9 Å². The Bertz CT molecular complexity index is 839. The van der Waals surface area contributed by atoms with Gasteiger partial charge in [0.15, 0.2) is 0 Å². The SMILES string of the molecule is Oc1ccc(-c2cncc3ccc(CNC4CCNC4)cc23)cc1. The van der Waals surface area contributed by atoms with E-state index in [1.54, 1.807) is 12.1 Å². The van der Waals surface area contributed by atoms with Crippen LogP contribution in [0, 0.1) is 0 Å². The Morgan fingerprint density at radius 3 is 2.79 bits per heavy atom. The summed E-state index contributed by atoms with van der Waals surface area (Å²) in [5.74, 6) is 0.280. The van der Waals surface area contributed by atoms with Gasteiger partial charge in [0.1, 0.15) is 5.75 Å². The van der Waals surface area contributed by atoms with Crippen LogP contribution in [0.25, 0.3) is 21.9 Å². The summed E-state index contributed by atoms with van der Waals surface area (Å²) >= 11 is 0. The summed E-state index contributed by atoms with van der Waals surface area (Å²) in [6.07, 6.45) is 4.99. The number of phenolic OH excluding ortho intramolecular Hbond substituents is 1. The van der Waals surface area contributed by atoms with E-state index >= 15 is 0 Å². The van der Waals surface area contributed by atoms with Gasteiger partial charge in [0.05, 0.1) is 0 Å². The molecule has 1 atom stereocenters. The highest BCUT2D eigenvalue weighted by molar-refractivity contribution is 5.96. The van der Waals surface area contributed by atoms with Crippen molar-refractivity contribution in [2.24, 2.45) is 0 Å². The van der Waals surface area contributed by atoms with Crippen molar-refractivity contribution in [1.82, 2.24) is 15.6 Å². The van der Waals surface area contributed by atoms with Crippen molar-refractivity contribution >= 4 is 10.8 Å². The number of aromatic nitrogens is 1. The summed E-state index contributed by atoms with van der Waals surface area (Å²) < 4.78 is 0. The van der Waals surface area contributed by atoms with E-state index in [0.29, 0.717) is 6.04 Å². The number of nitrogens with one attached hydrogen (secondary N) is 2. The molecule has 0 bridgehead atoms. The van der Waals surface area contributed by atoms with Crippen LogP contribution in [0.4, 0.5) is 0 Å². The van der Waals surface area contributed by atoms with Gasteiger partial charge < -0.3 is 15.7 Å². The Hall–Kier alpha value is -2.43. The van der Waals surface area contributed by atoms with Gasteiger partial charge in [-0.25, -0.2) is 0 Å². The molecule has 1 aliphatic heterocycles. The topological polar surface area (TPSA) is 57.2 Å². The van der Waals surface area contributed by atoms with Gasteiger partial charge in [0.2, 0.25) is 0 Å². The zero-order chi connectivity index (χ0) is 16.4. The maximum absolute atomic E-state index is 9.51. The van der Waals surface area contributed by atoms with E-state index in [4.69, 9.17) is 0 Å². The maximum atomic E-state index is 9.51. The van der Waals surface area contributed by atoms with Crippen LogP contribution in [-0.4, -0.2) is 29.2 Å². The molecule has 4 nitrogen and oxygen atoms in total. The molecule has 122 valence electrons. The zero-order valence-electron chi connectivity index (χ0n) is 13.5. The van der Waals surface area contributed by atoms with Gasteiger partial charge in [-0.15, -0.1) is 0 Å². The average Bonchev–Trinajstić information content (AvgIpc) is 3.14. The lowest BCUT2D eigenvalue weighted by Gasteiger charge is -2.13. The van der Waals surface area contributed by atoms with E-state index in [9.17, 15) is 5.11 Å². The van der Waals surface area contributed by atoms with E-state index in [1.165, 1.54) is 17.4 Å². The molecule has 0 saturated carbocycles. The Kier molecular flexibility index (Phi) is 4.15. The van der Waals surface area contributed by atoms with Gasteiger partial charge in [-0.1, -0.05) is 24.3 Å². The van der Waals surface area contributed by atoms with E-state index in [-0.39, 0.29) is 5.75 Å². The Balaban J connectivity index is 1.66. The molecular formula is C20H21N3O. The molecule has 4 rings (SSSR count). The normalized spacial score (nSPS) is 17.4. The van der Waals surface area contributed by atoms with Crippen LogP contribution < -0.4 is 10.6 Å². The molecule has 0 radical (unpaired) electrons. The Morgan fingerprint density at radius 2 is 2.00 bits per heavy atom. The number of fused-ring (bicyclic) bond motifs is 1. The number of hydrogen-bond acceptors (Lipinski definition) is 4. The van der Waals surface area contributed by atoms with Crippen molar-refractivity contribution in [2.75, 3.05) is 13.1 Å². The minimum absolute atomic E-state index is 0.280. The standard InChI is InChI=1S/C20H21N3O/c24-18-5-3-15(4-6-18)20-13-22-11-16-2-1-14(9-19(16)20)10-23-17-7-8-21-12-17/h1-6,9,11,13,17,21,23-24H,7-8,10,12H2. The number of pyridine rings is 1. The van der Waals surface area contributed by atoms with Crippen LogP contribution in [0.1, 0.15) is 12.0 Å². The van der Waals surface area contributed by atoms with Crippen LogP contribution in [0.5, 0.6) is 5.75 Å². The van der Waals surface area contributed by atoms with E-state index in [1.807, 2.05) is 24.5 Å². The smallest absolute Gasteiger partial charge is 0.115 e. The number of phenols is 1. The largest absolute Gasteiger partial charge is 0.508 e. The van der Waals surface area contributed by atoms with Gasteiger partial charge in [-0.3, -0.25) is 4.98 Å². The highest BCUT2D eigenvalue weighted by Crippen LogP contribution is 2.29. The molecule has 1 saturated heterocycles. The summed E-state index contributed by atoms with van der Waals surface area (Å²) in [5.41, 5.74) is 3.44. The highest BCUT2D eigenvalue weighted by atomic mass is 16.3. The van der Waals surface area contributed by atoms with Crippen molar-refractivity contribution in [1.29, 1.82) is 0 Å². The lowest BCUT2D eigenvalue weighted by molar-refractivity contribution is 0.475. The molecular weight excluding hydrogens is 298 g/mol. The fourth-order valence-electron chi connectivity index (χ4n) is 3.28. The number of nitrogens with zero attached hydrogens (tertiary/aromatic N) is 1. The van der Waals surface area contributed by atoms with Crippen LogP contribution in [0.3, 0.4) is 0 Å². The molecule has 0 spiro atoms. The van der Waals surface area contributed by atoms with Crippen LogP contribution >= 0.6 is 0 Å². The van der Waals surface area contributed by atoms with E-state index < -0.39 is 0 Å².